The molecule has 0 radical (unpaired) electrons. The molecule has 0 unspecified atom stereocenters. The van der Waals surface area contributed by atoms with Gasteiger partial charge in [-0.1, -0.05) is 19.9 Å². The number of rotatable bonds is 4. The Labute approximate surface area is 97.2 Å². The molecule has 0 atom stereocenters. The van der Waals surface area contributed by atoms with E-state index in [0.29, 0.717) is 0 Å². The molecule has 1 aromatic carbocycles. The molecule has 0 aromatic heterocycles. The van der Waals surface area contributed by atoms with Crippen LogP contribution in [0.4, 0.5) is 5.69 Å². The highest BCUT2D eigenvalue weighted by atomic mass is 16.5. The first-order valence-corrected chi connectivity index (χ1v) is 5.11. The maximum Gasteiger partial charge on any atom is 0.121 e. The van der Waals surface area contributed by atoms with Crippen LogP contribution in [0.25, 0.3) is 0 Å². The van der Waals surface area contributed by atoms with Crippen LogP contribution in [0, 0.1) is 6.92 Å². The molecule has 4 nitrogen and oxygen atoms in total. The number of hydrogen-bond donors (Lipinski definition) is 0. The van der Waals surface area contributed by atoms with E-state index in [1.54, 1.807) is 7.11 Å². The van der Waals surface area contributed by atoms with E-state index < -0.39 is 0 Å². The van der Waals surface area contributed by atoms with Crippen LogP contribution in [0.2, 0.25) is 0 Å². The highest BCUT2D eigenvalue weighted by molar-refractivity contribution is 5.57. The van der Waals surface area contributed by atoms with Crippen LogP contribution in [-0.2, 0) is 0 Å². The molecule has 0 saturated heterocycles. The van der Waals surface area contributed by atoms with Gasteiger partial charge in [0.05, 0.1) is 12.8 Å². The maximum absolute atomic E-state index is 5.10. The predicted octanol–water partition coefficient (Wildman–Crippen LogP) is 3.07. The van der Waals surface area contributed by atoms with Crippen LogP contribution in [0.5, 0.6) is 5.75 Å². The van der Waals surface area contributed by atoms with E-state index in [1.165, 1.54) is 5.12 Å². The summed E-state index contributed by atoms with van der Waals surface area (Å²) in [4.78, 5) is 0. The first kappa shape index (κ1) is 14.2. The summed E-state index contributed by atoms with van der Waals surface area (Å²) in [6.07, 6.45) is 0. The molecule has 0 aliphatic rings. The van der Waals surface area contributed by atoms with Crippen molar-refractivity contribution in [3.05, 3.63) is 23.8 Å². The lowest BCUT2D eigenvalue weighted by molar-refractivity contribution is 0.414. The van der Waals surface area contributed by atoms with E-state index in [2.05, 4.69) is 23.6 Å². The van der Waals surface area contributed by atoms with Crippen molar-refractivity contribution in [2.75, 3.05) is 12.2 Å². The molecule has 0 spiro atoms. The van der Waals surface area contributed by atoms with Crippen LogP contribution >= 0.6 is 0 Å². The summed E-state index contributed by atoms with van der Waals surface area (Å²) < 4.78 is 5.10. The lowest BCUT2D eigenvalue weighted by Crippen LogP contribution is -2.07. The minimum atomic E-state index is 0.753. The van der Waals surface area contributed by atoms with Crippen LogP contribution in [0.3, 0.4) is 0 Å². The van der Waals surface area contributed by atoms with Gasteiger partial charge in [-0.25, -0.2) is 0 Å². The molecule has 0 aliphatic carbocycles. The Hall–Kier alpha value is -1.84. The van der Waals surface area contributed by atoms with Gasteiger partial charge in [0.2, 0.25) is 0 Å². The second-order valence-electron chi connectivity index (χ2n) is 2.72. The molecule has 88 valence electrons. The Morgan fingerprint density at radius 2 is 1.75 bits per heavy atom. The van der Waals surface area contributed by atoms with Crippen molar-refractivity contribution in [3.63, 3.8) is 0 Å². The predicted molar refractivity (Wildman–Crippen MR) is 70.7 cm³/mol. The monoisotopic (exact) mass is 221 g/mol. The third-order valence-electron chi connectivity index (χ3n) is 1.90. The lowest BCUT2D eigenvalue weighted by Gasteiger charge is -2.14. The summed E-state index contributed by atoms with van der Waals surface area (Å²) in [6, 6.07) is 5.64. The van der Waals surface area contributed by atoms with E-state index in [4.69, 9.17) is 4.74 Å². The number of anilines is 1. The minimum Gasteiger partial charge on any atom is -0.497 e. The number of aryl methyl sites for hydroxylation is 1. The van der Waals surface area contributed by atoms with Crippen molar-refractivity contribution in [3.8, 4) is 5.75 Å². The molecule has 0 bridgehead atoms. The van der Waals surface area contributed by atoms with Gasteiger partial charge in [-0.2, -0.15) is 15.3 Å². The highest BCUT2D eigenvalue weighted by Gasteiger charge is 2.06. The second-order valence-corrected chi connectivity index (χ2v) is 2.72. The van der Waals surface area contributed by atoms with Gasteiger partial charge in [-0.15, -0.1) is 0 Å². The molecule has 0 saturated carbocycles. The number of hydrazone groups is 2. The zero-order chi connectivity index (χ0) is 12.6. The number of nitrogens with zero attached hydrogens (tertiary/aromatic N) is 3. The molecular weight excluding hydrogens is 202 g/mol. The Kier molecular flexibility index (Phi) is 6.59. The van der Waals surface area contributed by atoms with E-state index >= 15 is 0 Å². The summed E-state index contributed by atoms with van der Waals surface area (Å²) in [5, 5.41) is 8.78. The third kappa shape index (κ3) is 3.38. The first-order chi connectivity index (χ1) is 7.72. The SMILES string of the molecule is C=NN(N=C)c1cc(OC)ccc1C.CC. The van der Waals surface area contributed by atoms with Crippen molar-refractivity contribution in [1.29, 1.82) is 0 Å². The average Bonchev–Trinajstić information content (AvgIpc) is 2.35. The highest BCUT2D eigenvalue weighted by Crippen LogP contribution is 2.25. The lowest BCUT2D eigenvalue weighted by atomic mass is 10.2. The average molecular weight is 221 g/mol. The Morgan fingerprint density at radius 1 is 1.19 bits per heavy atom. The maximum atomic E-state index is 5.10. The second kappa shape index (κ2) is 7.45. The van der Waals surface area contributed by atoms with E-state index in [9.17, 15) is 0 Å². The van der Waals surface area contributed by atoms with Gasteiger partial charge in [0.1, 0.15) is 5.75 Å². The molecule has 16 heavy (non-hydrogen) atoms. The molecule has 1 aromatic rings. The van der Waals surface area contributed by atoms with Gasteiger partial charge in [0.25, 0.3) is 0 Å². The Morgan fingerprint density at radius 3 is 2.19 bits per heavy atom. The van der Waals surface area contributed by atoms with Crippen molar-refractivity contribution in [1.82, 2.24) is 0 Å². The van der Waals surface area contributed by atoms with Gasteiger partial charge >= 0.3 is 0 Å². The van der Waals surface area contributed by atoms with E-state index in [1.807, 2.05) is 39.0 Å². The number of methoxy groups -OCH3 is 1. The molecule has 1 rings (SSSR count). The molecule has 0 aliphatic heterocycles. The number of benzene rings is 1. The minimum absolute atomic E-state index is 0.753. The van der Waals surface area contributed by atoms with Crippen LogP contribution in [-0.4, -0.2) is 20.5 Å². The Balaban J connectivity index is 0.00000106. The van der Waals surface area contributed by atoms with Gasteiger partial charge in [0, 0.05) is 19.5 Å². The summed E-state index contributed by atoms with van der Waals surface area (Å²) in [7, 11) is 1.61. The molecule has 0 fully saturated rings. The van der Waals surface area contributed by atoms with Crippen LogP contribution in [0.1, 0.15) is 19.4 Å². The van der Waals surface area contributed by atoms with Gasteiger partial charge in [-0.05, 0) is 18.6 Å². The smallest absolute Gasteiger partial charge is 0.121 e. The van der Waals surface area contributed by atoms with E-state index in [-0.39, 0.29) is 0 Å². The quantitative estimate of drug-likeness (QED) is 0.578. The fraction of sp³-hybridized carbons (Fsp3) is 0.333. The summed E-state index contributed by atoms with van der Waals surface area (Å²) in [5.74, 6) is 0.753. The summed E-state index contributed by atoms with van der Waals surface area (Å²) >= 11 is 0. The number of hydrogen-bond acceptors (Lipinski definition) is 4. The molecular formula is C12H19N3O. The third-order valence-corrected chi connectivity index (χ3v) is 1.90. The normalized spacial score (nSPS) is 8.50. The first-order valence-electron chi connectivity index (χ1n) is 5.11. The van der Waals surface area contributed by atoms with Crippen molar-refractivity contribution in [2.45, 2.75) is 20.8 Å². The summed E-state index contributed by atoms with van der Waals surface area (Å²) in [6.45, 7) is 12.8. The zero-order valence-corrected chi connectivity index (χ0v) is 10.4. The molecule has 4 heteroatoms. The zero-order valence-electron chi connectivity index (χ0n) is 10.4. The fourth-order valence-electron chi connectivity index (χ4n) is 1.13. The van der Waals surface area contributed by atoms with Crippen LogP contribution < -0.4 is 9.85 Å². The van der Waals surface area contributed by atoms with Gasteiger partial charge < -0.3 is 4.74 Å². The van der Waals surface area contributed by atoms with Crippen molar-refractivity contribution >= 4 is 19.1 Å². The van der Waals surface area contributed by atoms with Crippen LogP contribution in [0.15, 0.2) is 28.4 Å². The molecule has 0 amide bonds. The van der Waals surface area contributed by atoms with Gasteiger partial charge in [-0.3, -0.25) is 0 Å². The standard InChI is InChI=1S/C10H13N3O.C2H6/c1-8-5-6-9(14-4)7-10(8)13(11-2)12-3;1-2/h5-7H,2-3H2,1,4H3;1-2H3. The Bertz CT molecular complexity index is 342. The molecule has 0 N–H and O–H groups in total. The fourth-order valence-corrected chi connectivity index (χ4v) is 1.13. The van der Waals surface area contributed by atoms with Crippen molar-refractivity contribution < 1.29 is 4.74 Å². The molecule has 0 heterocycles. The van der Waals surface area contributed by atoms with Crippen molar-refractivity contribution in [2.24, 2.45) is 10.2 Å². The number of ether oxygens (including phenoxy) is 1. The topological polar surface area (TPSA) is 37.2 Å². The van der Waals surface area contributed by atoms with E-state index in [0.717, 1.165) is 17.0 Å². The van der Waals surface area contributed by atoms with Gasteiger partial charge in [0.15, 0.2) is 0 Å². The summed E-state index contributed by atoms with van der Waals surface area (Å²) in [5.41, 5.74) is 1.85. The largest absolute Gasteiger partial charge is 0.497 e.